The summed E-state index contributed by atoms with van der Waals surface area (Å²) in [5, 5.41) is 8.64. The molecule has 0 saturated carbocycles. The lowest BCUT2D eigenvalue weighted by atomic mass is 9.92. The standard InChI is InChI=1S/C7H15NO2/c1-3-5-7(8,4-2)6(9)10/h3-5,8H2,1-2H3,(H,9,10). The molecule has 0 spiro atoms. The van der Waals surface area contributed by atoms with E-state index in [-0.39, 0.29) is 0 Å². The van der Waals surface area contributed by atoms with Crippen molar-refractivity contribution in [3.63, 3.8) is 0 Å². The molecule has 0 aliphatic carbocycles. The molecular weight excluding hydrogens is 130 g/mol. The number of hydrogen-bond acceptors (Lipinski definition) is 2. The van der Waals surface area contributed by atoms with Gasteiger partial charge in [-0.1, -0.05) is 20.3 Å². The van der Waals surface area contributed by atoms with Gasteiger partial charge in [-0.15, -0.1) is 0 Å². The third kappa shape index (κ3) is 1.99. The largest absolute Gasteiger partial charge is 0.480 e. The predicted molar refractivity (Wildman–Crippen MR) is 39.8 cm³/mol. The van der Waals surface area contributed by atoms with Crippen LogP contribution in [-0.2, 0) is 4.79 Å². The highest BCUT2D eigenvalue weighted by atomic mass is 16.4. The van der Waals surface area contributed by atoms with E-state index < -0.39 is 11.5 Å². The highest BCUT2D eigenvalue weighted by Crippen LogP contribution is 2.13. The van der Waals surface area contributed by atoms with Crippen LogP contribution in [0.4, 0.5) is 0 Å². The third-order valence-corrected chi connectivity index (χ3v) is 1.75. The van der Waals surface area contributed by atoms with E-state index in [0.29, 0.717) is 12.8 Å². The van der Waals surface area contributed by atoms with Crippen molar-refractivity contribution in [2.75, 3.05) is 0 Å². The van der Waals surface area contributed by atoms with Crippen LogP contribution < -0.4 is 5.73 Å². The highest BCUT2D eigenvalue weighted by Gasteiger charge is 2.30. The number of aliphatic carboxylic acids is 1. The molecule has 3 nitrogen and oxygen atoms in total. The Balaban J connectivity index is 4.08. The van der Waals surface area contributed by atoms with Crippen LogP contribution in [0.2, 0.25) is 0 Å². The Labute approximate surface area is 61.2 Å². The molecule has 0 aromatic carbocycles. The number of hydrogen-bond donors (Lipinski definition) is 2. The zero-order chi connectivity index (χ0) is 8.20. The van der Waals surface area contributed by atoms with Crippen LogP contribution in [0.3, 0.4) is 0 Å². The summed E-state index contributed by atoms with van der Waals surface area (Å²) in [6.07, 6.45) is 1.87. The minimum atomic E-state index is -0.991. The van der Waals surface area contributed by atoms with E-state index in [0.717, 1.165) is 6.42 Å². The second kappa shape index (κ2) is 3.56. The summed E-state index contributed by atoms with van der Waals surface area (Å²) in [6.45, 7) is 3.73. The molecule has 0 aliphatic heterocycles. The molecule has 0 heterocycles. The van der Waals surface area contributed by atoms with Gasteiger partial charge in [0.1, 0.15) is 5.54 Å². The molecule has 0 radical (unpaired) electrons. The third-order valence-electron chi connectivity index (χ3n) is 1.75. The monoisotopic (exact) mass is 145 g/mol. The highest BCUT2D eigenvalue weighted by molar-refractivity contribution is 5.78. The Morgan fingerprint density at radius 3 is 2.20 bits per heavy atom. The molecule has 0 aromatic heterocycles. The number of carbonyl (C=O) groups is 1. The second-order valence-electron chi connectivity index (χ2n) is 2.56. The van der Waals surface area contributed by atoms with Crippen LogP contribution in [0.25, 0.3) is 0 Å². The summed E-state index contributed by atoms with van der Waals surface area (Å²) >= 11 is 0. The molecule has 60 valence electrons. The van der Waals surface area contributed by atoms with E-state index in [4.69, 9.17) is 10.8 Å². The Morgan fingerprint density at radius 2 is 2.10 bits per heavy atom. The molecule has 0 amide bonds. The van der Waals surface area contributed by atoms with Crippen LogP contribution in [0, 0.1) is 0 Å². The van der Waals surface area contributed by atoms with Gasteiger partial charge in [-0.25, -0.2) is 0 Å². The fourth-order valence-corrected chi connectivity index (χ4v) is 0.881. The minimum Gasteiger partial charge on any atom is -0.480 e. The second-order valence-corrected chi connectivity index (χ2v) is 2.56. The van der Waals surface area contributed by atoms with Crippen molar-refractivity contribution in [2.24, 2.45) is 5.73 Å². The quantitative estimate of drug-likeness (QED) is 0.619. The lowest BCUT2D eigenvalue weighted by Crippen LogP contribution is -2.47. The van der Waals surface area contributed by atoms with Crippen LogP contribution in [0.1, 0.15) is 33.1 Å². The van der Waals surface area contributed by atoms with Gasteiger partial charge in [0, 0.05) is 0 Å². The molecule has 3 N–H and O–H groups in total. The molecule has 1 unspecified atom stereocenters. The van der Waals surface area contributed by atoms with E-state index in [1.54, 1.807) is 6.92 Å². The van der Waals surface area contributed by atoms with Crippen LogP contribution in [-0.4, -0.2) is 16.6 Å². The zero-order valence-corrected chi connectivity index (χ0v) is 6.55. The zero-order valence-electron chi connectivity index (χ0n) is 6.55. The van der Waals surface area contributed by atoms with Gasteiger partial charge < -0.3 is 10.8 Å². The summed E-state index contributed by atoms with van der Waals surface area (Å²) in [4.78, 5) is 10.5. The summed E-state index contributed by atoms with van der Waals surface area (Å²) < 4.78 is 0. The van der Waals surface area contributed by atoms with E-state index in [2.05, 4.69) is 0 Å². The van der Waals surface area contributed by atoms with Crippen LogP contribution in [0.5, 0.6) is 0 Å². The van der Waals surface area contributed by atoms with Gasteiger partial charge in [-0.2, -0.15) is 0 Å². The van der Waals surface area contributed by atoms with E-state index in [9.17, 15) is 4.79 Å². The first kappa shape index (κ1) is 9.43. The molecule has 3 heteroatoms. The van der Waals surface area contributed by atoms with E-state index >= 15 is 0 Å². The van der Waals surface area contributed by atoms with Gasteiger partial charge >= 0.3 is 5.97 Å². The predicted octanol–water partition coefficient (Wildman–Crippen LogP) is 0.979. The number of carboxylic acid groups (broad SMARTS) is 1. The summed E-state index contributed by atoms with van der Waals surface area (Å²) in [7, 11) is 0. The van der Waals surface area contributed by atoms with Gasteiger partial charge in [0.15, 0.2) is 0 Å². The number of rotatable bonds is 4. The van der Waals surface area contributed by atoms with Gasteiger partial charge in [0.2, 0.25) is 0 Å². The maximum absolute atomic E-state index is 10.5. The Bertz CT molecular complexity index is 125. The van der Waals surface area contributed by atoms with E-state index in [1.807, 2.05) is 6.92 Å². The average molecular weight is 145 g/mol. The topological polar surface area (TPSA) is 63.3 Å². The lowest BCUT2D eigenvalue weighted by molar-refractivity contribution is -0.143. The van der Waals surface area contributed by atoms with Crippen molar-refractivity contribution in [1.29, 1.82) is 0 Å². The molecule has 0 fully saturated rings. The Kier molecular flexibility index (Phi) is 3.36. The Hall–Kier alpha value is -0.570. The van der Waals surface area contributed by atoms with Crippen LogP contribution >= 0.6 is 0 Å². The van der Waals surface area contributed by atoms with Gasteiger partial charge in [-0.3, -0.25) is 4.79 Å². The van der Waals surface area contributed by atoms with E-state index in [1.165, 1.54) is 0 Å². The first-order valence-electron chi connectivity index (χ1n) is 3.59. The van der Waals surface area contributed by atoms with Crippen molar-refractivity contribution < 1.29 is 9.90 Å². The van der Waals surface area contributed by atoms with Crippen molar-refractivity contribution in [1.82, 2.24) is 0 Å². The molecule has 1 atom stereocenters. The number of nitrogens with two attached hydrogens (primary N) is 1. The van der Waals surface area contributed by atoms with Crippen molar-refractivity contribution >= 4 is 5.97 Å². The molecule has 0 aromatic rings. The average Bonchev–Trinajstić information content (AvgIpc) is 1.88. The normalized spacial score (nSPS) is 16.3. The maximum atomic E-state index is 10.5. The van der Waals surface area contributed by atoms with Crippen molar-refractivity contribution in [3.05, 3.63) is 0 Å². The fourth-order valence-electron chi connectivity index (χ4n) is 0.881. The van der Waals surface area contributed by atoms with Crippen molar-refractivity contribution in [2.45, 2.75) is 38.6 Å². The summed E-state index contributed by atoms with van der Waals surface area (Å²) in [6, 6.07) is 0. The molecule has 10 heavy (non-hydrogen) atoms. The lowest BCUT2D eigenvalue weighted by Gasteiger charge is -2.21. The molecule has 0 aliphatic rings. The van der Waals surface area contributed by atoms with Gasteiger partial charge in [0.05, 0.1) is 0 Å². The molecule has 0 rings (SSSR count). The van der Waals surface area contributed by atoms with Gasteiger partial charge in [-0.05, 0) is 12.8 Å². The SMILES string of the molecule is CCCC(N)(CC)C(=O)O. The summed E-state index contributed by atoms with van der Waals surface area (Å²) in [5.41, 5.74) is 4.56. The molecular formula is C7H15NO2. The smallest absolute Gasteiger partial charge is 0.323 e. The number of carboxylic acids is 1. The first-order valence-corrected chi connectivity index (χ1v) is 3.59. The molecule has 0 bridgehead atoms. The first-order chi connectivity index (χ1) is 4.56. The maximum Gasteiger partial charge on any atom is 0.323 e. The van der Waals surface area contributed by atoms with Crippen LogP contribution in [0.15, 0.2) is 0 Å². The van der Waals surface area contributed by atoms with Gasteiger partial charge in [0.25, 0.3) is 0 Å². The molecule has 0 saturated heterocycles. The fraction of sp³-hybridized carbons (Fsp3) is 0.857. The minimum absolute atomic E-state index is 0.496. The van der Waals surface area contributed by atoms with Crippen molar-refractivity contribution in [3.8, 4) is 0 Å². The summed E-state index contributed by atoms with van der Waals surface area (Å²) in [5.74, 6) is -0.892. The Morgan fingerprint density at radius 1 is 1.60 bits per heavy atom.